The molecule has 7 nitrogen and oxygen atoms in total. The maximum atomic E-state index is 11.6. The summed E-state index contributed by atoms with van der Waals surface area (Å²) in [6.07, 6.45) is -0.492. The fraction of sp³-hybridized carbons (Fsp3) is 0.286. The molecule has 7 heteroatoms. The van der Waals surface area contributed by atoms with Crippen molar-refractivity contribution in [3.05, 3.63) is 41.3 Å². The van der Waals surface area contributed by atoms with Crippen LogP contribution in [0.3, 0.4) is 0 Å². The number of carbonyl (C=O) groups excluding carboxylic acids is 2. The summed E-state index contributed by atoms with van der Waals surface area (Å²) in [5, 5.41) is 17.2. The van der Waals surface area contributed by atoms with Gasteiger partial charge < -0.3 is 14.6 Å². The Bertz CT molecular complexity index is 576. The van der Waals surface area contributed by atoms with Gasteiger partial charge in [-0.15, -0.1) is 5.11 Å². The van der Waals surface area contributed by atoms with Crippen LogP contribution in [0.4, 0.5) is 5.69 Å². The first kappa shape index (κ1) is 16.4. The molecule has 112 valence electrons. The summed E-state index contributed by atoms with van der Waals surface area (Å²) in [7, 11) is 2.30. The van der Waals surface area contributed by atoms with Crippen molar-refractivity contribution in [2.24, 2.45) is 10.2 Å². The van der Waals surface area contributed by atoms with Crippen molar-refractivity contribution in [3.8, 4) is 0 Å². The van der Waals surface area contributed by atoms with Crippen LogP contribution in [-0.2, 0) is 19.1 Å². The molecule has 0 bridgehead atoms. The third kappa shape index (κ3) is 5.06. The van der Waals surface area contributed by atoms with Crippen LogP contribution in [0.15, 0.2) is 46.0 Å². The Morgan fingerprint density at radius 3 is 2.29 bits per heavy atom. The van der Waals surface area contributed by atoms with Crippen molar-refractivity contribution < 1.29 is 24.2 Å². The molecule has 0 aliphatic heterocycles. The van der Waals surface area contributed by atoms with Gasteiger partial charge in [-0.05, 0) is 19.1 Å². The predicted octanol–water partition coefficient (Wildman–Crippen LogP) is 2.58. The SMILES string of the molecule is COC(=O)CC(O)=C(N=Nc1ccc(C)cc1)C(=O)OC. The summed E-state index contributed by atoms with van der Waals surface area (Å²) < 4.78 is 8.90. The van der Waals surface area contributed by atoms with Gasteiger partial charge >= 0.3 is 11.9 Å². The van der Waals surface area contributed by atoms with E-state index in [1.807, 2.05) is 19.1 Å². The van der Waals surface area contributed by atoms with E-state index < -0.39 is 29.8 Å². The maximum Gasteiger partial charge on any atom is 0.362 e. The number of nitrogens with zero attached hydrogens (tertiary/aromatic N) is 2. The number of hydrogen-bond acceptors (Lipinski definition) is 7. The Hall–Kier alpha value is -2.70. The molecular weight excluding hydrogens is 276 g/mol. The number of rotatable bonds is 5. The number of carbonyl (C=O) groups is 2. The highest BCUT2D eigenvalue weighted by molar-refractivity contribution is 5.89. The van der Waals surface area contributed by atoms with Gasteiger partial charge in [-0.2, -0.15) is 5.11 Å². The first-order valence-electron chi connectivity index (χ1n) is 6.03. The van der Waals surface area contributed by atoms with E-state index in [4.69, 9.17) is 0 Å². The standard InChI is InChI=1S/C14H16N2O5/c1-9-4-6-10(7-5-9)15-16-13(14(19)21-3)11(17)8-12(18)20-2/h4-7,17H,8H2,1-3H3. The minimum absolute atomic E-state index is 0.441. The van der Waals surface area contributed by atoms with Crippen LogP contribution in [0.5, 0.6) is 0 Å². The zero-order valence-corrected chi connectivity index (χ0v) is 12.0. The van der Waals surface area contributed by atoms with Crippen LogP contribution >= 0.6 is 0 Å². The zero-order valence-electron chi connectivity index (χ0n) is 12.0. The van der Waals surface area contributed by atoms with E-state index in [-0.39, 0.29) is 0 Å². The highest BCUT2D eigenvalue weighted by Crippen LogP contribution is 2.17. The van der Waals surface area contributed by atoms with Gasteiger partial charge in [0.25, 0.3) is 0 Å². The lowest BCUT2D eigenvalue weighted by atomic mass is 10.2. The second-order valence-corrected chi connectivity index (χ2v) is 4.08. The van der Waals surface area contributed by atoms with Crippen molar-refractivity contribution in [2.45, 2.75) is 13.3 Å². The van der Waals surface area contributed by atoms with Gasteiger partial charge in [-0.3, -0.25) is 4.79 Å². The van der Waals surface area contributed by atoms with Gasteiger partial charge in [0.05, 0.1) is 19.9 Å². The fourth-order valence-corrected chi connectivity index (χ4v) is 1.32. The van der Waals surface area contributed by atoms with E-state index in [1.165, 1.54) is 7.11 Å². The molecule has 1 aromatic rings. The molecule has 0 aliphatic carbocycles. The molecule has 0 amide bonds. The number of azo groups is 1. The summed E-state index contributed by atoms with van der Waals surface area (Å²) in [4.78, 5) is 22.7. The van der Waals surface area contributed by atoms with E-state index in [2.05, 4.69) is 19.7 Å². The molecule has 1 rings (SSSR count). The summed E-state index contributed by atoms with van der Waals surface area (Å²) in [6, 6.07) is 7.05. The van der Waals surface area contributed by atoms with Gasteiger partial charge in [-0.25, -0.2) is 4.79 Å². The molecule has 0 spiro atoms. The number of aryl methyl sites for hydroxylation is 1. The summed E-state index contributed by atoms with van der Waals surface area (Å²) in [5.74, 6) is -2.17. The van der Waals surface area contributed by atoms with Gasteiger partial charge in [0.15, 0.2) is 0 Å². The van der Waals surface area contributed by atoms with E-state index in [1.54, 1.807) is 12.1 Å². The number of ether oxygens (including phenoxy) is 2. The average Bonchev–Trinajstić information content (AvgIpc) is 2.48. The number of benzene rings is 1. The molecule has 21 heavy (non-hydrogen) atoms. The number of hydrogen-bond donors (Lipinski definition) is 1. The predicted molar refractivity (Wildman–Crippen MR) is 74.0 cm³/mol. The van der Waals surface area contributed by atoms with Crippen LogP contribution in [0, 0.1) is 6.92 Å². The largest absolute Gasteiger partial charge is 0.509 e. The first-order chi connectivity index (χ1) is 9.97. The van der Waals surface area contributed by atoms with Crippen molar-refractivity contribution in [3.63, 3.8) is 0 Å². The molecule has 0 saturated carbocycles. The number of aliphatic hydroxyl groups is 1. The minimum atomic E-state index is -0.896. The molecule has 1 N–H and O–H groups in total. The van der Waals surface area contributed by atoms with Crippen molar-refractivity contribution in [1.82, 2.24) is 0 Å². The van der Waals surface area contributed by atoms with Gasteiger partial charge in [-0.1, -0.05) is 17.7 Å². The molecule has 0 saturated heterocycles. The fourth-order valence-electron chi connectivity index (χ4n) is 1.32. The van der Waals surface area contributed by atoms with Gasteiger partial charge in [0.1, 0.15) is 12.2 Å². The van der Waals surface area contributed by atoms with Gasteiger partial charge in [0, 0.05) is 0 Å². The minimum Gasteiger partial charge on any atom is -0.509 e. The molecule has 0 unspecified atom stereocenters. The average molecular weight is 292 g/mol. The third-order valence-electron chi connectivity index (χ3n) is 2.49. The Morgan fingerprint density at radius 2 is 1.76 bits per heavy atom. The van der Waals surface area contributed by atoms with Crippen LogP contribution in [0.25, 0.3) is 0 Å². The zero-order chi connectivity index (χ0) is 15.8. The number of methoxy groups -OCH3 is 2. The van der Waals surface area contributed by atoms with E-state index in [0.29, 0.717) is 5.69 Å². The monoisotopic (exact) mass is 292 g/mol. The van der Waals surface area contributed by atoms with Crippen LogP contribution in [-0.4, -0.2) is 31.3 Å². The van der Waals surface area contributed by atoms with Crippen molar-refractivity contribution >= 4 is 17.6 Å². The smallest absolute Gasteiger partial charge is 0.362 e. The van der Waals surface area contributed by atoms with Crippen molar-refractivity contribution in [1.29, 1.82) is 0 Å². The lowest BCUT2D eigenvalue weighted by Crippen LogP contribution is -2.09. The maximum absolute atomic E-state index is 11.6. The Balaban J connectivity index is 3.03. The topological polar surface area (TPSA) is 97.5 Å². The van der Waals surface area contributed by atoms with E-state index >= 15 is 0 Å². The van der Waals surface area contributed by atoms with Gasteiger partial charge in [0.2, 0.25) is 5.70 Å². The summed E-state index contributed by atoms with van der Waals surface area (Å²) >= 11 is 0. The molecule has 0 radical (unpaired) electrons. The first-order valence-corrected chi connectivity index (χ1v) is 6.03. The van der Waals surface area contributed by atoms with Crippen LogP contribution in [0.1, 0.15) is 12.0 Å². The molecule has 0 aliphatic rings. The molecular formula is C14H16N2O5. The quantitative estimate of drug-likeness (QED) is 0.389. The Morgan fingerprint density at radius 1 is 1.14 bits per heavy atom. The molecule has 0 heterocycles. The van der Waals surface area contributed by atoms with Crippen LogP contribution < -0.4 is 0 Å². The van der Waals surface area contributed by atoms with Crippen LogP contribution in [0.2, 0.25) is 0 Å². The van der Waals surface area contributed by atoms with Crippen molar-refractivity contribution in [2.75, 3.05) is 14.2 Å². The highest BCUT2D eigenvalue weighted by Gasteiger charge is 2.18. The van der Waals surface area contributed by atoms with E-state index in [9.17, 15) is 14.7 Å². The Labute approximate surface area is 121 Å². The summed E-state index contributed by atoms with van der Waals surface area (Å²) in [5.41, 5.74) is 1.10. The second-order valence-electron chi connectivity index (χ2n) is 4.08. The normalized spacial score (nSPS) is 12.0. The molecule has 0 fully saturated rings. The second kappa shape index (κ2) is 7.78. The Kier molecular flexibility index (Phi) is 6.06. The number of esters is 2. The molecule has 1 aromatic carbocycles. The number of aliphatic hydroxyl groups excluding tert-OH is 1. The summed E-state index contributed by atoms with van der Waals surface area (Å²) in [6.45, 7) is 1.92. The molecule has 0 aromatic heterocycles. The lowest BCUT2D eigenvalue weighted by molar-refractivity contribution is -0.140. The highest BCUT2D eigenvalue weighted by atomic mass is 16.5. The lowest BCUT2D eigenvalue weighted by Gasteiger charge is -2.03. The van der Waals surface area contributed by atoms with E-state index in [0.717, 1.165) is 12.7 Å². The molecule has 0 atom stereocenters. The third-order valence-corrected chi connectivity index (χ3v) is 2.49.